The molecule has 3 rings (SSSR count). The molecular formula is C16H22N4S. The van der Waals surface area contributed by atoms with Crippen molar-refractivity contribution < 1.29 is 0 Å². The predicted molar refractivity (Wildman–Crippen MR) is 85.9 cm³/mol. The standard InChI is InChI=1S/C16H22N4S/c1-10-14-6-12(8-17-3)4-5-15(14)20-16(18-10)7-13-9-21-11(2)19-13/h9,12,17H,4-8H2,1-3H3. The Morgan fingerprint density at radius 1 is 1.29 bits per heavy atom. The molecule has 0 bridgehead atoms. The van der Waals surface area contributed by atoms with Crippen molar-refractivity contribution in [1.82, 2.24) is 20.3 Å². The van der Waals surface area contributed by atoms with Crippen LogP contribution in [0.1, 0.15) is 39.9 Å². The van der Waals surface area contributed by atoms with Gasteiger partial charge in [0, 0.05) is 16.8 Å². The lowest BCUT2D eigenvalue weighted by Crippen LogP contribution is -2.26. The second kappa shape index (κ2) is 6.20. The first-order valence-electron chi connectivity index (χ1n) is 7.56. The van der Waals surface area contributed by atoms with Crippen molar-refractivity contribution in [1.29, 1.82) is 0 Å². The first-order valence-corrected chi connectivity index (χ1v) is 8.44. The highest BCUT2D eigenvalue weighted by Crippen LogP contribution is 2.26. The molecule has 2 heterocycles. The monoisotopic (exact) mass is 302 g/mol. The van der Waals surface area contributed by atoms with Crippen LogP contribution in [-0.2, 0) is 19.3 Å². The van der Waals surface area contributed by atoms with E-state index in [9.17, 15) is 0 Å². The van der Waals surface area contributed by atoms with E-state index in [1.807, 2.05) is 14.0 Å². The number of hydrogen-bond acceptors (Lipinski definition) is 5. The first kappa shape index (κ1) is 14.6. The molecule has 1 N–H and O–H groups in total. The topological polar surface area (TPSA) is 50.7 Å². The third-order valence-electron chi connectivity index (χ3n) is 4.13. The van der Waals surface area contributed by atoms with Crippen LogP contribution >= 0.6 is 11.3 Å². The third kappa shape index (κ3) is 3.30. The van der Waals surface area contributed by atoms with Crippen LogP contribution in [0, 0.1) is 19.8 Å². The van der Waals surface area contributed by atoms with Crippen molar-refractivity contribution in [3.05, 3.63) is 38.9 Å². The number of aryl methyl sites for hydroxylation is 3. The number of hydrogen-bond donors (Lipinski definition) is 1. The molecule has 1 aliphatic carbocycles. The molecule has 0 saturated carbocycles. The molecule has 2 aromatic heterocycles. The fourth-order valence-corrected chi connectivity index (χ4v) is 3.73. The molecule has 0 aromatic carbocycles. The van der Waals surface area contributed by atoms with Gasteiger partial charge in [0.15, 0.2) is 0 Å². The molecule has 4 nitrogen and oxygen atoms in total. The van der Waals surface area contributed by atoms with E-state index in [0.29, 0.717) is 0 Å². The molecule has 0 spiro atoms. The maximum atomic E-state index is 4.81. The minimum atomic E-state index is 0.719. The van der Waals surface area contributed by atoms with Crippen LogP contribution in [0.4, 0.5) is 0 Å². The molecule has 1 aliphatic rings. The van der Waals surface area contributed by atoms with Crippen LogP contribution in [-0.4, -0.2) is 28.5 Å². The summed E-state index contributed by atoms with van der Waals surface area (Å²) in [6, 6.07) is 0. The molecule has 0 radical (unpaired) electrons. The van der Waals surface area contributed by atoms with Crippen molar-refractivity contribution in [3.63, 3.8) is 0 Å². The summed E-state index contributed by atoms with van der Waals surface area (Å²) >= 11 is 1.69. The number of rotatable bonds is 4. The Kier molecular flexibility index (Phi) is 4.31. The van der Waals surface area contributed by atoms with Crippen molar-refractivity contribution in [2.24, 2.45) is 5.92 Å². The fourth-order valence-electron chi connectivity index (χ4n) is 3.12. The molecule has 2 aromatic rings. The van der Waals surface area contributed by atoms with Gasteiger partial charge in [0.05, 0.1) is 17.1 Å². The quantitative estimate of drug-likeness (QED) is 0.942. The number of aromatic nitrogens is 3. The Labute approximate surface area is 130 Å². The smallest absolute Gasteiger partial charge is 0.134 e. The van der Waals surface area contributed by atoms with Gasteiger partial charge < -0.3 is 5.32 Å². The maximum Gasteiger partial charge on any atom is 0.134 e. The van der Waals surface area contributed by atoms with E-state index in [1.54, 1.807) is 11.3 Å². The molecule has 112 valence electrons. The van der Waals surface area contributed by atoms with Crippen molar-refractivity contribution in [2.45, 2.75) is 39.5 Å². The lowest BCUT2D eigenvalue weighted by molar-refractivity contribution is 0.431. The predicted octanol–water partition coefficient (Wildman–Crippen LogP) is 2.47. The summed E-state index contributed by atoms with van der Waals surface area (Å²) in [5.74, 6) is 1.64. The number of fused-ring (bicyclic) bond motifs is 1. The molecule has 0 amide bonds. The highest BCUT2D eigenvalue weighted by atomic mass is 32.1. The summed E-state index contributed by atoms with van der Waals surface area (Å²) in [5, 5.41) is 6.50. The zero-order chi connectivity index (χ0) is 14.8. The van der Waals surface area contributed by atoms with Gasteiger partial charge >= 0.3 is 0 Å². The van der Waals surface area contributed by atoms with E-state index in [1.165, 1.54) is 17.7 Å². The van der Waals surface area contributed by atoms with Crippen LogP contribution in [0.25, 0.3) is 0 Å². The van der Waals surface area contributed by atoms with Gasteiger partial charge in [-0.15, -0.1) is 11.3 Å². The Bertz CT molecular complexity index is 635. The summed E-state index contributed by atoms with van der Waals surface area (Å²) in [6.45, 7) is 5.24. The SMILES string of the molecule is CNCC1CCc2nc(Cc3csc(C)n3)nc(C)c2C1. The highest BCUT2D eigenvalue weighted by Gasteiger charge is 2.22. The van der Waals surface area contributed by atoms with Gasteiger partial charge in [-0.1, -0.05) is 0 Å². The summed E-state index contributed by atoms with van der Waals surface area (Å²) in [6.07, 6.45) is 4.16. The van der Waals surface area contributed by atoms with E-state index >= 15 is 0 Å². The zero-order valence-corrected chi connectivity index (χ0v) is 13.8. The minimum absolute atomic E-state index is 0.719. The lowest BCUT2D eigenvalue weighted by Gasteiger charge is -2.25. The van der Waals surface area contributed by atoms with Gasteiger partial charge in [-0.2, -0.15) is 0 Å². The van der Waals surface area contributed by atoms with Crippen molar-refractivity contribution >= 4 is 11.3 Å². The number of thiazole rings is 1. The summed E-state index contributed by atoms with van der Waals surface area (Å²) < 4.78 is 0. The molecule has 0 fully saturated rings. The van der Waals surface area contributed by atoms with Crippen LogP contribution < -0.4 is 5.32 Å². The van der Waals surface area contributed by atoms with Crippen molar-refractivity contribution in [3.8, 4) is 0 Å². The summed E-state index contributed by atoms with van der Waals surface area (Å²) in [5.41, 5.74) is 4.87. The van der Waals surface area contributed by atoms with E-state index < -0.39 is 0 Å². The third-order valence-corrected chi connectivity index (χ3v) is 4.95. The van der Waals surface area contributed by atoms with Gasteiger partial charge in [0.2, 0.25) is 0 Å². The molecule has 0 saturated heterocycles. The van der Waals surface area contributed by atoms with Gasteiger partial charge in [-0.25, -0.2) is 15.0 Å². The average molecular weight is 302 g/mol. The minimum Gasteiger partial charge on any atom is -0.319 e. The Hall–Kier alpha value is -1.33. The average Bonchev–Trinajstić information content (AvgIpc) is 2.85. The first-order chi connectivity index (χ1) is 10.2. The Balaban J connectivity index is 1.81. The molecule has 1 unspecified atom stereocenters. The second-order valence-corrected chi connectivity index (χ2v) is 6.91. The van der Waals surface area contributed by atoms with E-state index in [-0.39, 0.29) is 0 Å². The summed E-state index contributed by atoms with van der Waals surface area (Å²) in [7, 11) is 2.03. The molecule has 0 aliphatic heterocycles. The van der Waals surface area contributed by atoms with Crippen LogP contribution in [0.3, 0.4) is 0 Å². The highest BCUT2D eigenvalue weighted by molar-refractivity contribution is 7.09. The Morgan fingerprint density at radius 3 is 2.86 bits per heavy atom. The fraction of sp³-hybridized carbons (Fsp3) is 0.562. The number of nitrogens with zero attached hydrogens (tertiary/aromatic N) is 3. The summed E-state index contributed by atoms with van der Waals surface area (Å²) in [4.78, 5) is 14.0. The van der Waals surface area contributed by atoms with Gasteiger partial charge in [-0.3, -0.25) is 0 Å². The van der Waals surface area contributed by atoms with E-state index in [0.717, 1.165) is 53.9 Å². The second-order valence-electron chi connectivity index (χ2n) is 5.85. The molecular weight excluding hydrogens is 280 g/mol. The number of nitrogens with one attached hydrogen (secondary N) is 1. The van der Waals surface area contributed by atoms with E-state index in [2.05, 4.69) is 22.6 Å². The maximum absolute atomic E-state index is 4.81. The van der Waals surface area contributed by atoms with Gasteiger partial charge in [0.1, 0.15) is 5.82 Å². The molecule has 5 heteroatoms. The van der Waals surface area contributed by atoms with Crippen molar-refractivity contribution in [2.75, 3.05) is 13.6 Å². The van der Waals surface area contributed by atoms with Crippen LogP contribution in [0.5, 0.6) is 0 Å². The zero-order valence-electron chi connectivity index (χ0n) is 12.9. The Morgan fingerprint density at radius 2 is 2.14 bits per heavy atom. The van der Waals surface area contributed by atoms with Crippen LogP contribution in [0.15, 0.2) is 5.38 Å². The molecule has 21 heavy (non-hydrogen) atoms. The van der Waals surface area contributed by atoms with E-state index in [4.69, 9.17) is 9.97 Å². The normalized spacial score (nSPS) is 17.8. The lowest BCUT2D eigenvalue weighted by atomic mass is 9.85. The largest absolute Gasteiger partial charge is 0.319 e. The molecule has 1 atom stereocenters. The van der Waals surface area contributed by atoms with Gasteiger partial charge in [-0.05, 0) is 58.2 Å². The van der Waals surface area contributed by atoms with Crippen LogP contribution in [0.2, 0.25) is 0 Å². The van der Waals surface area contributed by atoms with Gasteiger partial charge in [0.25, 0.3) is 0 Å².